The van der Waals surface area contributed by atoms with E-state index in [0.29, 0.717) is 0 Å². The molecule has 1 aliphatic heterocycles. The molecule has 3 heteroatoms. The number of fused-ring (bicyclic) bond motifs is 1. The summed E-state index contributed by atoms with van der Waals surface area (Å²) in [4.78, 5) is 12.0. The van der Waals surface area contributed by atoms with Crippen molar-refractivity contribution in [3.05, 3.63) is 58.6 Å². The first-order valence-corrected chi connectivity index (χ1v) is 14.0. The van der Waals surface area contributed by atoms with Gasteiger partial charge in [0.25, 0.3) is 0 Å². The highest BCUT2D eigenvalue weighted by Gasteiger charge is 2.21. The summed E-state index contributed by atoms with van der Waals surface area (Å²) in [6.45, 7) is 10.3. The van der Waals surface area contributed by atoms with Gasteiger partial charge >= 0.3 is 0 Å². The lowest BCUT2D eigenvalue weighted by molar-refractivity contribution is 0.196. The van der Waals surface area contributed by atoms with E-state index in [1.54, 1.807) is 5.57 Å². The summed E-state index contributed by atoms with van der Waals surface area (Å²) < 4.78 is 0. The number of hydrogen-bond donors (Lipinski definition) is 0. The van der Waals surface area contributed by atoms with Gasteiger partial charge in [-0.15, -0.1) is 0 Å². The van der Waals surface area contributed by atoms with Crippen molar-refractivity contribution in [1.82, 2.24) is 14.9 Å². The molecule has 1 aromatic heterocycles. The third-order valence-corrected chi connectivity index (χ3v) is 7.95. The fourth-order valence-electron chi connectivity index (χ4n) is 5.91. The molecule has 2 heterocycles. The molecule has 1 aliphatic carbocycles. The Morgan fingerprint density at radius 2 is 1.65 bits per heavy atom. The summed E-state index contributed by atoms with van der Waals surface area (Å²) in [5.41, 5.74) is 6.82. The molecule has 0 saturated carbocycles. The van der Waals surface area contributed by atoms with Gasteiger partial charge in [-0.25, -0.2) is 9.97 Å². The summed E-state index contributed by atoms with van der Waals surface area (Å²) in [6, 6.07) is 4.67. The van der Waals surface area contributed by atoms with Crippen molar-refractivity contribution in [1.29, 1.82) is 0 Å². The molecule has 1 fully saturated rings. The van der Waals surface area contributed by atoms with Gasteiger partial charge in [0.1, 0.15) is 5.82 Å². The van der Waals surface area contributed by atoms with Crippen molar-refractivity contribution in [2.45, 2.75) is 97.8 Å². The van der Waals surface area contributed by atoms with Gasteiger partial charge < -0.3 is 4.90 Å². The van der Waals surface area contributed by atoms with Crippen LogP contribution in [0, 0.1) is 19.8 Å². The molecule has 3 nitrogen and oxygen atoms in total. The Balaban J connectivity index is 1.10. The van der Waals surface area contributed by atoms with Crippen LogP contribution in [-0.2, 0) is 12.8 Å². The van der Waals surface area contributed by atoms with E-state index in [1.165, 1.54) is 107 Å². The fraction of sp³-hybridized carbons (Fsp3) is 0.613. The van der Waals surface area contributed by atoms with E-state index in [-0.39, 0.29) is 0 Å². The van der Waals surface area contributed by atoms with E-state index in [9.17, 15) is 0 Å². The fourth-order valence-corrected chi connectivity index (χ4v) is 5.91. The van der Waals surface area contributed by atoms with E-state index >= 15 is 0 Å². The van der Waals surface area contributed by atoms with Gasteiger partial charge in [-0.05, 0) is 120 Å². The van der Waals surface area contributed by atoms with Gasteiger partial charge in [0.05, 0.1) is 5.52 Å². The van der Waals surface area contributed by atoms with Gasteiger partial charge in [0, 0.05) is 11.1 Å². The lowest BCUT2D eigenvalue weighted by atomic mass is 9.86. The number of benzene rings is 1. The van der Waals surface area contributed by atoms with Crippen LogP contribution < -0.4 is 0 Å². The summed E-state index contributed by atoms with van der Waals surface area (Å²) in [5.74, 6) is 1.70. The number of unbranched alkanes of at least 4 members (excludes halogenated alkanes) is 5. The van der Waals surface area contributed by atoms with E-state index in [1.807, 2.05) is 6.92 Å². The molecule has 184 valence electrons. The topological polar surface area (TPSA) is 29.0 Å². The highest BCUT2D eigenvalue weighted by molar-refractivity contribution is 5.82. The number of piperidine rings is 1. The third kappa shape index (κ3) is 6.78. The van der Waals surface area contributed by atoms with Crippen LogP contribution in [0.15, 0.2) is 35.9 Å². The maximum absolute atomic E-state index is 4.70. The van der Waals surface area contributed by atoms with Crippen molar-refractivity contribution in [3.8, 4) is 0 Å². The zero-order valence-corrected chi connectivity index (χ0v) is 21.9. The molecule has 0 atom stereocenters. The molecule has 0 N–H and O–H groups in total. The zero-order valence-electron chi connectivity index (χ0n) is 21.9. The second kappa shape index (κ2) is 12.6. The molecule has 2 aromatic rings. The normalized spacial score (nSPS) is 17.4. The van der Waals surface area contributed by atoms with Crippen LogP contribution in [0.2, 0.25) is 0 Å². The largest absolute Gasteiger partial charge is 0.303 e. The molecule has 1 saturated heterocycles. The van der Waals surface area contributed by atoms with Crippen molar-refractivity contribution in [2.75, 3.05) is 19.6 Å². The average molecular weight is 460 g/mol. The van der Waals surface area contributed by atoms with Gasteiger partial charge in [0.15, 0.2) is 0 Å². The molecule has 4 rings (SSSR count). The standard InChI is InChI=1S/C31H45N3/c1-4-26-22-30-24(2)32-25(3)33-31(30)23-29(26)16-10-7-5-6-8-13-19-34-20-17-28(18-21-34)27-14-11-9-12-15-27/h11,14-15,22-23,28H,4-10,12-13,16-21H2,1-3H3. The second-order valence-electron chi connectivity index (χ2n) is 10.5. The minimum absolute atomic E-state index is 0.823. The minimum atomic E-state index is 0.823. The molecule has 0 bridgehead atoms. The first kappa shape index (κ1) is 25.1. The van der Waals surface area contributed by atoms with Gasteiger partial charge in [-0.2, -0.15) is 0 Å². The first-order valence-electron chi connectivity index (χ1n) is 14.0. The Kier molecular flexibility index (Phi) is 9.33. The number of hydrogen-bond acceptors (Lipinski definition) is 3. The monoisotopic (exact) mass is 459 g/mol. The van der Waals surface area contributed by atoms with Crippen LogP contribution in [0.25, 0.3) is 10.9 Å². The molecule has 1 aromatic carbocycles. The number of aromatic nitrogens is 2. The summed E-state index contributed by atoms with van der Waals surface area (Å²) >= 11 is 0. The van der Waals surface area contributed by atoms with Crippen molar-refractivity contribution >= 4 is 10.9 Å². The predicted octanol–water partition coefficient (Wildman–Crippen LogP) is 7.68. The molecule has 0 spiro atoms. The van der Waals surface area contributed by atoms with Crippen molar-refractivity contribution < 1.29 is 0 Å². The average Bonchev–Trinajstić information content (AvgIpc) is 2.86. The van der Waals surface area contributed by atoms with E-state index < -0.39 is 0 Å². The first-order chi connectivity index (χ1) is 16.6. The van der Waals surface area contributed by atoms with Crippen LogP contribution in [0.4, 0.5) is 0 Å². The predicted molar refractivity (Wildman–Crippen MR) is 145 cm³/mol. The summed E-state index contributed by atoms with van der Waals surface area (Å²) in [6.07, 6.45) is 22.9. The Hall–Kier alpha value is -2.00. The molecular weight excluding hydrogens is 414 g/mol. The summed E-state index contributed by atoms with van der Waals surface area (Å²) in [7, 11) is 0. The third-order valence-electron chi connectivity index (χ3n) is 7.95. The van der Waals surface area contributed by atoms with Gasteiger partial charge in [-0.1, -0.05) is 50.8 Å². The zero-order chi connectivity index (χ0) is 23.8. The molecule has 2 aliphatic rings. The van der Waals surface area contributed by atoms with Crippen LogP contribution in [0.3, 0.4) is 0 Å². The number of nitrogens with zero attached hydrogens (tertiary/aromatic N) is 3. The van der Waals surface area contributed by atoms with Crippen LogP contribution in [-0.4, -0.2) is 34.5 Å². The van der Waals surface area contributed by atoms with Gasteiger partial charge in [-0.3, -0.25) is 0 Å². The van der Waals surface area contributed by atoms with Crippen LogP contribution in [0.5, 0.6) is 0 Å². The SMILES string of the molecule is CCc1cc2c(C)nc(C)nc2cc1CCCCCCCCN1CCC(C2=CCCC=C2)CC1. The Morgan fingerprint density at radius 3 is 2.38 bits per heavy atom. The molecule has 0 amide bonds. The molecule has 0 unspecified atom stereocenters. The van der Waals surface area contributed by atoms with Gasteiger partial charge in [0.2, 0.25) is 0 Å². The highest BCUT2D eigenvalue weighted by atomic mass is 15.1. The van der Waals surface area contributed by atoms with Crippen LogP contribution in [0.1, 0.15) is 93.8 Å². The summed E-state index contributed by atoms with van der Waals surface area (Å²) in [5, 5.41) is 1.22. The number of likely N-dealkylation sites (tertiary alicyclic amines) is 1. The number of aryl methyl sites for hydroxylation is 4. The van der Waals surface area contributed by atoms with Crippen LogP contribution >= 0.6 is 0 Å². The second-order valence-corrected chi connectivity index (χ2v) is 10.5. The van der Waals surface area contributed by atoms with Crippen molar-refractivity contribution in [2.24, 2.45) is 5.92 Å². The number of allylic oxidation sites excluding steroid dienone is 4. The molecule has 0 radical (unpaired) electrons. The maximum atomic E-state index is 4.70. The van der Waals surface area contributed by atoms with Crippen molar-refractivity contribution in [3.63, 3.8) is 0 Å². The van der Waals surface area contributed by atoms with E-state index in [0.717, 1.165) is 29.4 Å². The minimum Gasteiger partial charge on any atom is -0.303 e. The maximum Gasteiger partial charge on any atom is 0.126 e. The smallest absolute Gasteiger partial charge is 0.126 e. The van der Waals surface area contributed by atoms with E-state index in [4.69, 9.17) is 4.98 Å². The lowest BCUT2D eigenvalue weighted by Gasteiger charge is -2.33. The Morgan fingerprint density at radius 1 is 0.882 bits per heavy atom. The highest BCUT2D eigenvalue weighted by Crippen LogP contribution is 2.28. The molecule has 34 heavy (non-hydrogen) atoms. The lowest BCUT2D eigenvalue weighted by Crippen LogP contribution is -2.34. The molecular formula is C31H45N3. The Bertz CT molecular complexity index is 995. The quantitative estimate of drug-likeness (QED) is 0.323. The van der Waals surface area contributed by atoms with E-state index in [2.05, 4.69) is 54.1 Å². The number of rotatable bonds is 11. The Labute approximate surface area is 207 Å².